The summed E-state index contributed by atoms with van der Waals surface area (Å²) in [5.74, 6) is -0.420. The number of Topliss-reactive ketones (excluding diaryl/α,β-unsaturated/α-hetero) is 1. The SMILES string of the molecule is O=C1c2ccccc2/C(=N/c2ccc(/N=C/c3ccc(O)cc3O)cc2)C1c1ccccc1. The van der Waals surface area contributed by atoms with E-state index in [1.807, 2.05) is 78.9 Å². The summed E-state index contributed by atoms with van der Waals surface area (Å²) in [5, 5.41) is 19.3. The quantitative estimate of drug-likeness (QED) is 0.391. The molecule has 1 aliphatic carbocycles. The van der Waals surface area contributed by atoms with Gasteiger partial charge in [-0.2, -0.15) is 0 Å². The average Bonchev–Trinajstić information content (AvgIpc) is 3.11. The number of hydrogen-bond donors (Lipinski definition) is 2. The highest BCUT2D eigenvalue weighted by molar-refractivity contribution is 6.32. The van der Waals surface area contributed by atoms with Crippen LogP contribution in [0.1, 0.15) is 33.0 Å². The molecule has 0 bridgehead atoms. The molecule has 1 atom stereocenters. The van der Waals surface area contributed by atoms with E-state index in [1.165, 1.54) is 18.3 Å². The number of phenols is 2. The summed E-state index contributed by atoms with van der Waals surface area (Å²) in [6.07, 6.45) is 1.53. The van der Waals surface area contributed by atoms with Crippen molar-refractivity contribution in [3.8, 4) is 11.5 Å². The van der Waals surface area contributed by atoms with Crippen molar-refractivity contribution in [3.63, 3.8) is 0 Å². The fourth-order valence-electron chi connectivity index (χ4n) is 3.97. The van der Waals surface area contributed by atoms with Crippen molar-refractivity contribution >= 4 is 29.1 Å². The Morgan fingerprint density at radius 2 is 1.39 bits per heavy atom. The van der Waals surface area contributed by atoms with E-state index in [0.29, 0.717) is 16.8 Å². The maximum Gasteiger partial charge on any atom is 0.176 e. The summed E-state index contributed by atoms with van der Waals surface area (Å²) >= 11 is 0. The minimum Gasteiger partial charge on any atom is -0.508 e. The molecular formula is C28H20N2O3. The van der Waals surface area contributed by atoms with E-state index >= 15 is 0 Å². The van der Waals surface area contributed by atoms with Crippen LogP contribution in [-0.2, 0) is 0 Å². The van der Waals surface area contributed by atoms with Crippen molar-refractivity contribution in [1.82, 2.24) is 0 Å². The lowest BCUT2D eigenvalue weighted by atomic mass is 9.93. The number of ketones is 1. The van der Waals surface area contributed by atoms with Crippen molar-refractivity contribution in [2.24, 2.45) is 9.98 Å². The Balaban J connectivity index is 1.47. The number of carbonyl (C=O) groups is 1. The molecule has 5 nitrogen and oxygen atoms in total. The molecule has 1 unspecified atom stereocenters. The van der Waals surface area contributed by atoms with Crippen LogP contribution in [-0.4, -0.2) is 27.9 Å². The van der Waals surface area contributed by atoms with Crippen LogP contribution in [0.15, 0.2) is 107 Å². The Labute approximate surface area is 191 Å². The first kappa shape index (κ1) is 20.4. The van der Waals surface area contributed by atoms with E-state index in [2.05, 4.69) is 4.99 Å². The molecule has 0 fully saturated rings. The fourth-order valence-corrected chi connectivity index (χ4v) is 3.97. The zero-order valence-corrected chi connectivity index (χ0v) is 17.6. The largest absolute Gasteiger partial charge is 0.508 e. The molecule has 0 saturated carbocycles. The van der Waals surface area contributed by atoms with Crippen LogP contribution in [0.25, 0.3) is 0 Å². The molecule has 2 N–H and O–H groups in total. The number of aromatic hydroxyl groups is 2. The molecule has 0 saturated heterocycles. The lowest BCUT2D eigenvalue weighted by Gasteiger charge is -2.11. The molecule has 0 heterocycles. The molecule has 5 rings (SSSR count). The third kappa shape index (κ3) is 4.04. The van der Waals surface area contributed by atoms with Gasteiger partial charge < -0.3 is 10.2 Å². The summed E-state index contributed by atoms with van der Waals surface area (Å²) in [6.45, 7) is 0. The van der Waals surface area contributed by atoms with E-state index in [0.717, 1.165) is 22.5 Å². The average molecular weight is 432 g/mol. The minimum atomic E-state index is -0.432. The summed E-state index contributed by atoms with van der Waals surface area (Å²) in [5.41, 5.74) is 5.14. The lowest BCUT2D eigenvalue weighted by Crippen LogP contribution is -2.13. The van der Waals surface area contributed by atoms with E-state index in [4.69, 9.17) is 4.99 Å². The predicted molar refractivity (Wildman–Crippen MR) is 130 cm³/mol. The third-order valence-corrected chi connectivity index (χ3v) is 5.60. The van der Waals surface area contributed by atoms with Crippen LogP contribution < -0.4 is 0 Å². The Hall–Kier alpha value is -4.51. The molecule has 0 aliphatic heterocycles. The van der Waals surface area contributed by atoms with Gasteiger partial charge in [0.2, 0.25) is 0 Å². The highest BCUT2D eigenvalue weighted by Crippen LogP contribution is 2.36. The van der Waals surface area contributed by atoms with Crippen LogP contribution in [0.3, 0.4) is 0 Å². The van der Waals surface area contributed by atoms with E-state index in [9.17, 15) is 15.0 Å². The number of aliphatic imine (C=N–C) groups is 2. The normalized spacial score (nSPS) is 16.4. The first-order valence-electron chi connectivity index (χ1n) is 10.5. The molecule has 1 aliphatic rings. The maximum absolute atomic E-state index is 13.2. The molecule has 33 heavy (non-hydrogen) atoms. The van der Waals surface area contributed by atoms with Crippen LogP contribution in [0, 0.1) is 0 Å². The van der Waals surface area contributed by atoms with Gasteiger partial charge in [0.1, 0.15) is 11.5 Å². The second kappa shape index (κ2) is 8.55. The molecule has 0 radical (unpaired) electrons. The number of hydrogen-bond acceptors (Lipinski definition) is 5. The highest BCUT2D eigenvalue weighted by atomic mass is 16.3. The fraction of sp³-hybridized carbons (Fsp3) is 0.0357. The molecule has 160 valence electrons. The molecule has 0 aromatic heterocycles. The van der Waals surface area contributed by atoms with Crippen LogP contribution in [0.4, 0.5) is 11.4 Å². The minimum absolute atomic E-state index is 0.00566. The standard InChI is InChI=1S/C28H20N2O3/c31-22-15-10-19(25(32)16-22)17-29-20-11-13-21(14-12-20)30-27-23-8-4-5-9-24(23)28(33)26(27)18-6-2-1-3-7-18/h1-17,26,31-32H/b29-17+,30-27-. The number of carbonyl (C=O) groups excluding carboxylic acids is 1. The highest BCUT2D eigenvalue weighted by Gasteiger charge is 2.37. The van der Waals surface area contributed by atoms with Gasteiger partial charge in [-0.05, 0) is 42.0 Å². The Kier molecular flexibility index (Phi) is 5.29. The summed E-state index contributed by atoms with van der Waals surface area (Å²) in [7, 11) is 0. The molecular weight excluding hydrogens is 412 g/mol. The predicted octanol–water partition coefficient (Wildman–Crippen LogP) is 5.95. The molecule has 4 aromatic rings. The lowest BCUT2D eigenvalue weighted by molar-refractivity contribution is 0.0988. The number of rotatable bonds is 4. The number of benzene rings is 4. The van der Waals surface area contributed by atoms with Gasteiger partial charge in [0.25, 0.3) is 0 Å². The molecule has 5 heteroatoms. The zero-order chi connectivity index (χ0) is 22.8. The van der Waals surface area contributed by atoms with Gasteiger partial charge in [-0.25, -0.2) is 0 Å². The second-order valence-corrected chi connectivity index (χ2v) is 7.77. The Bertz CT molecular complexity index is 1390. The van der Waals surface area contributed by atoms with Gasteiger partial charge in [-0.1, -0.05) is 54.6 Å². The van der Waals surface area contributed by atoms with Gasteiger partial charge in [0.15, 0.2) is 5.78 Å². The monoisotopic (exact) mass is 432 g/mol. The van der Waals surface area contributed by atoms with Crippen LogP contribution >= 0.6 is 0 Å². The Morgan fingerprint density at radius 1 is 0.727 bits per heavy atom. The number of fused-ring (bicyclic) bond motifs is 1. The van der Waals surface area contributed by atoms with Gasteiger partial charge >= 0.3 is 0 Å². The van der Waals surface area contributed by atoms with E-state index in [-0.39, 0.29) is 17.3 Å². The zero-order valence-electron chi connectivity index (χ0n) is 17.6. The van der Waals surface area contributed by atoms with Crippen molar-refractivity contribution in [2.75, 3.05) is 0 Å². The van der Waals surface area contributed by atoms with Crippen molar-refractivity contribution in [2.45, 2.75) is 5.92 Å². The maximum atomic E-state index is 13.2. The van der Waals surface area contributed by atoms with Crippen molar-refractivity contribution < 1.29 is 15.0 Å². The Morgan fingerprint density at radius 3 is 2.12 bits per heavy atom. The topological polar surface area (TPSA) is 82.2 Å². The van der Waals surface area contributed by atoms with Gasteiger partial charge in [-0.15, -0.1) is 0 Å². The molecule has 0 amide bonds. The van der Waals surface area contributed by atoms with Crippen molar-refractivity contribution in [1.29, 1.82) is 0 Å². The van der Waals surface area contributed by atoms with E-state index in [1.54, 1.807) is 6.07 Å². The molecule has 4 aromatic carbocycles. The van der Waals surface area contributed by atoms with E-state index < -0.39 is 5.92 Å². The summed E-state index contributed by atoms with van der Waals surface area (Å²) in [4.78, 5) is 22.4. The van der Waals surface area contributed by atoms with Crippen LogP contribution in [0.5, 0.6) is 11.5 Å². The first-order valence-corrected chi connectivity index (χ1v) is 10.5. The smallest absolute Gasteiger partial charge is 0.176 e. The molecule has 0 spiro atoms. The summed E-state index contributed by atoms with van der Waals surface area (Å²) in [6, 6.07) is 29.0. The van der Waals surface area contributed by atoms with Gasteiger partial charge in [-0.3, -0.25) is 14.8 Å². The summed E-state index contributed by atoms with van der Waals surface area (Å²) < 4.78 is 0. The second-order valence-electron chi connectivity index (χ2n) is 7.77. The van der Waals surface area contributed by atoms with Crippen LogP contribution in [0.2, 0.25) is 0 Å². The number of nitrogens with zero attached hydrogens (tertiary/aromatic N) is 2. The van der Waals surface area contributed by atoms with Crippen molar-refractivity contribution in [3.05, 3.63) is 119 Å². The van der Waals surface area contributed by atoms with Gasteiger partial charge in [0.05, 0.1) is 23.0 Å². The third-order valence-electron chi connectivity index (χ3n) is 5.60. The number of phenolic OH excluding ortho intramolecular Hbond substituents is 2. The first-order chi connectivity index (χ1) is 16.1. The van der Waals surface area contributed by atoms with Gasteiger partial charge in [0, 0.05) is 29.0 Å².